The number of hydrogen-bond donors (Lipinski definition) is 0. The lowest BCUT2D eigenvalue weighted by atomic mass is 9.91. The third-order valence-electron chi connectivity index (χ3n) is 3.36. The maximum atomic E-state index is 11.6. The summed E-state index contributed by atoms with van der Waals surface area (Å²) in [5.41, 5.74) is 1.34. The van der Waals surface area contributed by atoms with Crippen LogP contribution in [0.3, 0.4) is 0 Å². The number of Topliss-reactive ketones (excluding diaryl/α,β-unsaturated/α-hetero) is 1. The summed E-state index contributed by atoms with van der Waals surface area (Å²) in [6, 6.07) is 10.4. The maximum absolute atomic E-state index is 11.6. The van der Waals surface area contributed by atoms with Crippen molar-refractivity contribution in [1.82, 2.24) is 0 Å². The van der Waals surface area contributed by atoms with Gasteiger partial charge < -0.3 is 0 Å². The first-order valence-corrected chi connectivity index (χ1v) is 6.78. The van der Waals surface area contributed by atoms with Crippen molar-refractivity contribution in [3.05, 3.63) is 35.9 Å². The van der Waals surface area contributed by atoms with Crippen LogP contribution in [0.1, 0.15) is 51.5 Å². The zero-order valence-corrected chi connectivity index (χ0v) is 11.1. The quantitative estimate of drug-likeness (QED) is 0.607. The van der Waals surface area contributed by atoms with Crippen LogP contribution in [0.2, 0.25) is 0 Å². The second kappa shape index (κ2) is 8.05. The monoisotopic (exact) mass is 232 g/mol. The van der Waals surface area contributed by atoms with Crippen LogP contribution in [0.5, 0.6) is 0 Å². The second-order valence-electron chi connectivity index (χ2n) is 4.83. The summed E-state index contributed by atoms with van der Waals surface area (Å²) < 4.78 is 0. The molecule has 0 aliphatic carbocycles. The SMILES string of the molecule is CCCCCC(CCc1ccccc1)C(C)=O. The Labute approximate surface area is 105 Å². The Morgan fingerprint density at radius 3 is 2.41 bits per heavy atom. The molecule has 1 atom stereocenters. The van der Waals surface area contributed by atoms with Gasteiger partial charge in [0.15, 0.2) is 0 Å². The van der Waals surface area contributed by atoms with Crippen LogP contribution in [0.15, 0.2) is 30.3 Å². The molecular weight excluding hydrogens is 208 g/mol. The van der Waals surface area contributed by atoms with Crippen molar-refractivity contribution in [2.45, 2.75) is 52.4 Å². The minimum atomic E-state index is 0.266. The van der Waals surface area contributed by atoms with Gasteiger partial charge in [0, 0.05) is 5.92 Å². The fourth-order valence-electron chi connectivity index (χ4n) is 2.18. The molecule has 1 rings (SSSR count). The number of rotatable bonds is 8. The van der Waals surface area contributed by atoms with E-state index in [9.17, 15) is 4.79 Å². The molecular formula is C16H24O. The largest absolute Gasteiger partial charge is 0.300 e. The fourth-order valence-corrected chi connectivity index (χ4v) is 2.18. The third-order valence-corrected chi connectivity index (χ3v) is 3.36. The van der Waals surface area contributed by atoms with Crippen molar-refractivity contribution < 1.29 is 4.79 Å². The van der Waals surface area contributed by atoms with Crippen molar-refractivity contribution in [2.24, 2.45) is 5.92 Å². The molecule has 0 aliphatic heterocycles. The summed E-state index contributed by atoms with van der Waals surface area (Å²) in [6.45, 7) is 3.94. The van der Waals surface area contributed by atoms with Gasteiger partial charge in [-0.15, -0.1) is 0 Å². The van der Waals surface area contributed by atoms with E-state index in [4.69, 9.17) is 0 Å². The third kappa shape index (κ3) is 5.67. The average molecular weight is 232 g/mol. The number of aryl methyl sites for hydroxylation is 1. The number of carbonyl (C=O) groups excluding carboxylic acids is 1. The van der Waals surface area contributed by atoms with E-state index >= 15 is 0 Å². The molecule has 17 heavy (non-hydrogen) atoms. The van der Waals surface area contributed by atoms with Crippen molar-refractivity contribution in [1.29, 1.82) is 0 Å². The fraction of sp³-hybridized carbons (Fsp3) is 0.562. The molecule has 0 aliphatic rings. The molecule has 94 valence electrons. The maximum Gasteiger partial charge on any atom is 0.132 e. The van der Waals surface area contributed by atoms with E-state index in [0.717, 1.165) is 19.3 Å². The summed E-state index contributed by atoms with van der Waals surface area (Å²) in [4.78, 5) is 11.6. The van der Waals surface area contributed by atoms with Crippen LogP contribution in [0.25, 0.3) is 0 Å². The van der Waals surface area contributed by atoms with Crippen LogP contribution < -0.4 is 0 Å². The van der Waals surface area contributed by atoms with Gasteiger partial charge in [-0.05, 0) is 31.7 Å². The highest BCUT2D eigenvalue weighted by atomic mass is 16.1. The number of unbranched alkanes of at least 4 members (excludes halogenated alkanes) is 2. The van der Waals surface area contributed by atoms with Crippen LogP contribution in [0, 0.1) is 5.92 Å². The van der Waals surface area contributed by atoms with E-state index in [1.165, 1.54) is 24.8 Å². The first kappa shape index (κ1) is 14.0. The lowest BCUT2D eigenvalue weighted by Gasteiger charge is -2.13. The van der Waals surface area contributed by atoms with Gasteiger partial charge in [-0.25, -0.2) is 0 Å². The van der Waals surface area contributed by atoms with E-state index in [2.05, 4.69) is 31.2 Å². The van der Waals surface area contributed by atoms with Crippen LogP contribution in [-0.4, -0.2) is 5.78 Å². The summed E-state index contributed by atoms with van der Waals surface area (Å²) in [7, 11) is 0. The molecule has 1 nitrogen and oxygen atoms in total. The Hall–Kier alpha value is -1.11. The van der Waals surface area contributed by atoms with Crippen molar-refractivity contribution in [3.8, 4) is 0 Å². The molecule has 0 bridgehead atoms. The van der Waals surface area contributed by atoms with Gasteiger partial charge in [0.05, 0.1) is 0 Å². The van der Waals surface area contributed by atoms with Gasteiger partial charge in [-0.2, -0.15) is 0 Å². The predicted octanol–water partition coefficient (Wildman–Crippen LogP) is 4.40. The molecule has 0 fully saturated rings. The molecule has 0 radical (unpaired) electrons. The highest BCUT2D eigenvalue weighted by molar-refractivity contribution is 5.78. The van der Waals surface area contributed by atoms with Crippen molar-refractivity contribution in [3.63, 3.8) is 0 Å². The van der Waals surface area contributed by atoms with Gasteiger partial charge in [0.1, 0.15) is 5.78 Å². The van der Waals surface area contributed by atoms with Gasteiger partial charge in [0.2, 0.25) is 0 Å². The summed E-state index contributed by atoms with van der Waals surface area (Å²) in [5, 5.41) is 0. The summed E-state index contributed by atoms with van der Waals surface area (Å²) in [5.74, 6) is 0.624. The highest BCUT2D eigenvalue weighted by Crippen LogP contribution is 2.17. The first-order chi connectivity index (χ1) is 8.24. The smallest absolute Gasteiger partial charge is 0.132 e. The molecule has 1 aromatic rings. The minimum absolute atomic E-state index is 0.266. The zero-order valence-electron chi connectivity index (χ0n) is 11.1. The molecule has 0 spiro atoms. The van der Waals surface area contributed by atoms with Crippen LogP contribution >= 0.6 is 0 Å². The van der Waals surface area contributed by atoms with Crippen molar-refractivity contribution >= 4 is 5.78 Å². The normalized spacial score (nSPS) is 12.4. The van der Waals surface area contributed by atoms with E-state index in [1.807, 2.05) is 6.07 Å². The van der Waals surface area contributed by atoms with Gasteiger partial charge in [-0.1, -0.05) is 56.5 Å². The zero-order chi connectivity index (χ0) is 12.5. The first-order valence-electron chi connectivity index (χ1n) is 6.78. The number of ketones is 1. The van der Waals surface area contributed by atoms with Crippen molar-refractivity contribution in [2.75, 3.05) is 0 Å². The van der Waals surface area contributed by atoms with E-state index in [1.54, 1.807) is 6.92 Å². The predicted molar refractivity (Wildman–Crippen MR) is 73.1 cm³/mol. The number of hydrogen-bond acceptors (Lipinski definition) is 1. The molecule has 0 saturated carbocycles. The Bertz CT molecular complexity index is 316. The number of carbonyl (C=O) groups is 1. The summed E-state index contributed by atoms with van der Waals surface area (Å²) in [6.07, 6.45) is 6.75. The Morgan fingerprint density at radius 2 is 1.82 bits per heavy atom. The molecule has 1 heteroatoms. The summed E-state index contributed by atoms with van der Waals surface area (Å²) >= 11 is 0. The Balaban J connectivity index is 2.36. The lowest BCUT2D eigenvalue weighted by molar-refractivity contribution is -0.121. The molecule has 0 amide bonds. The molecule has 0 aromatic heterocycles. The second-order valence-corrected chi connectivity index (χ2v) is 4.83. The molecule has 1 aromatic carbocycles. The molecule has 0 saturated heterocycles. The lowest BCUT2D eigenvalue weighted by Crippen LogP contribution is -2.12. The molecule has 1 unspecified atom stereocenters. The van der Waals surface area contributed by atoms with Crippen LogP contribution in [0.4, 0.5) is 0 Å². The highest BCUT2D eigenvalue weighted by Gasteiger charge is 2.13. The van der Waals surface area contributed by atoms with Gasteiger partial charge >= 0.3 is 0 Å². The van der Waals surface area contributed by atoms with Gasteiger partial charge in [0.25, 0.3) is 0 Å². The molecule has 0 N–H and O–H groups in total. The van der Waals surface area contributed by atoms with E-state index in [-0.39, 0.29) is 5.92 Å². The molecule has 0 heterocycles. The average Bonchev–Trinajstić information content (AvgIpc) is 2.34. The number of benzene rings is 1. The van der Waals surface area contributed by atoms with Gasteiger partial charge in [-0.3, -0.25) is 4.79 Å². The Kier molecular flexibility index (Phi) is 6.61. The van der Waals surface area contributed by atoms with E-state index < -0.39 is 0 Å². The van der Waals surface area contributed by atoms with Crippen LogP contribution in [-0.2, 0) is 11.2 Å². The Morgan fingerprint density at radius 1 is 1.12 bits per heavy atom. The standard InChI is InChI=1S/C16H24O/c1-3-4-6-11-16(14(2)17)13-12-15-9-7-5-8-10-15/h5,7-10,16H,3-4,6,11-13H2,1-2H3. The van der Waals surface area contributed by atoms with E-state index in [0.29, 0.717) is 5.78 Å². The minimum Gasteiger partial charge on any atom is -0.300 e. The topological polar surface area (TPSA) is 17.1 Å².